The van der Waals surface area contributed by atoms with E-state index in [-0.39, 0.29) is 0 Å². The quantitative estimate of drug-likeness (QED) is 0.885. The monoisotopic (exact) mass is 248 g/mol. The van der Waals surface area contributed by atoms with Gasteiger partial charge in [-0.15, -0.1) is 0 Å². The van der Waals surface area contributed by atoms with Gasteiger partial charge in [-0.2, -0.15) is 0 Å². The highest BCUT2D eigenvalue weighted by molar-refractivity contribution is 5.29. The molecule has 2 unspecified atom stereocenters. The van der Waals surface area contributed by atoms with E-state index in [1.807, 2.05) is 12.1 Å². The number of methoxy groups -OCH3 is 1. The van der Waals surface area contributed by atoms with Crippen molar-refractivity contribution in [2.75, 3.05) is 26.7 Å². The summed E-state index contributed by atoms with van der Waals surface area (Å²) in [5.74, 6) is 0.928. The van der Waals surface area contributed by atoms with Crippen LogP contribution in [0.25, 0.3) is 0 Å². The van der Waals surface area contributed by atoms with E-state index in [4.69, 9.17) is 4.74 Å². The van der Waals surface area contributed by atoms with Crippen LogP contribution in [0.1, 0.15) is 31.9 Å². The number of hydrogen-bond donors (Lipinski definition) is 1. The van der Waals surface area contributed by atoms with Gasteiger partial charge in [-0.25, -0.2) is 0 Å². The summed E-state index contributed by atoms with van der Waals surface area (Å²) in [4.78, 5) is 2.56. The van der Waals surface area contributed by atoms with Crippen LogP contribution >= 0.6 is 0 Å². The SMILES string of the molecule is CCC1CN(C(C)c2ccc(OC)cc2)CCN1. The van der Waals surface area contributed by atoms with Crippen LogP contribution in [0.15, 0.2) is 24.3 Å². The molecular weight excluding hydrogens is 224 g/mol. The fourth-order valence-corrected chi connectivity index (χ4v) is 2.57. The van der Waals surface area contributed by atoms with Gasteiger partial charge in [0, 0.05) is 31.7 Å². The first-order chi connectivity index (χ1) is 8.74. The molecule has 3 nitrogen and oxygen atoms in total. The highest BCUT2D eigenvalue weighted by Gasteiger charge is 2.22. The molecule has 2 rings (SSSR count). The lowest BCUT2D eigenvalue weighted by molar-refractivity contribution is 0.151. The second-order valence-electron chi connectivity index (χ2n) is 5.00. The number of rotatable bonds is 4. The van der Waals surface area contributed by atoms with E-state index in [1.54, 1.807) is 7.11 Å². The molecule has 1 heterocycles. The smallest absolute Gasteiger partial charge is 0.118 e. The predicted octanol–water partition coefficient (Wildman–Crippen LogP) is 2.44. The molecule has 1 aromatic carbocycles. The molecule has 1 saturated heterocycles. The molecule has 0 spiro atoms. The lowest BCUT2D eigenvalue weighted by atomic mass is 10.0. The number of piperazine rings is 1. The molecule has 1 N–H and O–H groups in total. The first-order valence-electron chi connectivity index (χ1n) is 6.86. The number of nitrogens with zero attached hydrogens (tertiary/aromatic N) is 1. The van der Waals surface area contributed by atoms with Crippen LogP contribution in [0.4, 0.5) is 0 Å². The normalized spacial score (nSPS) is 22.7. The highest BCUT2D eigenvalue weighted by atomic mass is 16.5. The Morgan fingerprint density at radius 3 is 2.72 bits per heavy atom. The lowest BCUT2D eigenvalue weighted by Crippen LogP contribution is -2.50. The van der Waals surface area contributed by atoms with Crippen LogP contribution < -0.4 is 10.1 Å². The topological polar surface area (TPSA) is 24.5 Å². The van der Waals surface area contributed by atoms with Crippen molar-refractivity contribution < 1.29 is 4.74 Å². The Morgan fingerprint density at radius 2 is 2.11 bits per heavy atom. The van der Waals surface area contributed by atoms with Crippen molar-refractivity contribution in [3.63, 3.8) is 0 Å². The molecule has 0 aliphatic carbocycles. The minimum absolute atomic E-state index is 0.479. The van der Waals surface area contributed by atoms with Crippen LogP contribution in [0.5, 0.6) is 5.75 Å². The van der Waals surface area contributed by atoms with E-state index >= 15 is 0 Å². The van der Waals surface area contributed by atoms with Gasteiger partial charge in [0.05, 0.1) is 7.11 Å². The van der Waals surface area contributed by atoms with Crippen LogP contribution in [0.2, 0.25) is 0 Å². The van der Waals surface area contributed by atoms with E-state index in [0.717, 1.165) is 25.4 Å². The number of ether oxygens (including phenoxy) is 1. The fourth-order valence-electron chi connectivity index (χ4n) is 2.57. The van der Waals surface area contributed by atoms with Gasteiger partial charge in [0.25, 0.3) is 0 Å². The zero-order valence-electron chi connectivity index (χ0n) is 11.6. The third-order valence-corrected chi connectivity index (χ3v) is 3.93. The van der Waals surface area contributed by atoms with Crippen LogP contribution in [0.3, 0.4) is 0 Å². The van der Waals surface area contributed by atoms with Gasteiger partial charge < -0.3 is 10.1 Å². The zero-order valence-corrected chi connectivity index (χ0v) is 11.6. The Balaban J connectivity index is 2.02. The van der Waals surface area contributed by atoms with E-state index in [0.29, 0.717) is 12.1 Å². The Hall–Kier alpha value is -1.06. The lowest BCUT2D eigenvalue weighted by Gasteiger charge is -2.37. The van der Waals surface area contributed by atoms with Gasteiger partial charge >= 0.3 is 0 Å². The third kappa shape index (κ3) is 3.03. The van der Waals surface area contributed by atoms with E-state index < -0.39 is 0 Å². The summed E-state index contributed by atoms with van der Waals surface area (Å²) >= 11 is 0. The summed E-state index contributed by atoms with van der Waals surface area (Å²) in [6, 6.07) is 9.56. The summed E-state index contributed by atoms with van der Waals surface area (Å²) in [6.07, 6.45) is 1.20. The zero-order chi connectivity index (χ0) is 13.0. The van der Waals surface area contributed by atoms with Gasteiger partial charge in [0.2, 0.25) is 0 Å². The predicted molar refractivity (Wildman–Crippen MR) is 75.1 cm³/mol. The van der Waals surface area contributed by atoms with Gasteiger partial charge in [-0.1, -0.05) is 19.1 Å². The first kappa shape index (κ1) is 13.4. The summed E-state index contributed by atoms with van der Waals surface area (Å²) < 4.78 is 5.21. The molecule has 1 aliphatic rings. The Kier molecular flexibility index (Phi) is 4.61. The van der Waals surface area contributed by atoms with Crippen molar-refractivity contribution in [2.24, 2.45) is 0 Å². The maximum atomic E-state index is 5.21. The molecule has 0 saturated carbocycles. The van der Waals surface area contributed by atoms with Crippen molar-refractivity contribution >= 4 is 0 Å². The average Bonchev–Trinajstić information content (AvgIpc) is 2.46. The summed E-state index contributed by atoms with van der Waals surface area (Å²) in [7, 11) is 1.71. The van der Waals surface area contributed by atoms with Crippen molar-refractivity contribution in [1.29, 1.82) is 0 Å². The third-order valence-electron chi connectivity index (χ3n) is 3.93. The minimum Gasteiger partial charge on any atom is -0.497 e. The number of benzene rings is 1. The molecule has 2 atom stereocenters. The van der Waals surface area contributed by atoms with Gasteiger partial charge in [0.1, 0.15) is 5.75 Å². The highest BCUT2D eigenvalue weighted by Crippen LogP contribution is 2.23. The molecule has 100 valence electrons. The number of nitrogens with one attached hydrogen (secondary N) is 1. The summed E-state index contributed by atoms with van der Waals surface area (Å²) in [5, 5.41) is 3.56. The van der Waals surface area contributed by atoms with Crippen molar-refractivity contribution in [3.8, 4) is 5.75 Å². The van der Waals surface area contributed by atoms with Crippen LogP contribution in [-0.4, -0.2) is 37.7 Å². The maximum absolute atomic E-state index is 5.21. The van der Waals surface area contributed by atoms with E-state index in [2.05, 4.69) is 36.2 Å². The van der Waals surface area contributed by atoms with Crippen LogP contribution in [-0.2, 0) is 0 Å². The number of hydrogen-bond acceptors (Lipinski definition) is 3. The first-order valence-corrected chi connectivity index (χ1v) is 6.86. The standard InChI is InChI=1S/C15H24N2O/c1-4-14-11-17(10-9-16-14)12(2)13-5-7-15(18-3)8-6-13/h5-8,12,14,16H,4,9-11H2,1-3H3. The fraction of sp³-hybridized carbons (Fsp3) is 0.600. The molecule has 18 heavy (non-hydrogen) atoms. The molecule has 0 radical (unpaired) electrons. The molecule has 1 fully saturated rings. The molecule has 0 aromatic heterocycles. The minimum atomic E-state index is 0.479. The van der Waals surface area contributed by atoms with Gasteiger partial charge in [0.15, 0.2) is 0 Å². The van der Waals surface area contributed by atoms with E-state index in [1.165, 1.54) is 12.0 Å². The van der Waals surface area contributed by atoms with Crippen LogP contribution in [0, 0.1) is 0 Å². The Bertz CT molecular complexity index is 363. The van der Waals surface area contributed by atoms with Gasteiger partial charge in [-0.05, 0) is 31.0 Å². The second kappa shape index (κ2) is 6.21. The van der Waals surface area contributed by atoms with Crippen molar-refractivity contribution in [2.45, 2.75) is 32.4 Å². The Morgan fingerprint density at radius 1 is 1.39 bits per heavy atom. The molecule has 0 amide bonds. The molecule has 1 aromatic rings. The molecule has 3 heteroatoms. The molecule has 1 aliphatic heterocycles. The largest absolute Gasteiger partial charge is 0.497 e. The molecule has 0 bridgehead atoms. The van der Waals surface area contributed by atoms with Crippen molar-refractivity contribution in [3.05, 3.63) is 29.8 Å². The second-order valence-corrected chi connectivity index (χ2v) is 5.00. The Labute approximate surface area is 110 Å². The van der Waals surface area contributed by atoms with Crippen molar-refractivity contribution in [1.82, 2.24) is 10.2 Å². The summed E-state index contributed by atoms with van der Waals surface area (Å²) in [5.41, 5.74) is 1.37. The maximum Gasteiger partial charge on any atom is 0.118 e. The summed E-state index contributed by atoms with van der Waals surface area (Å²) in [6.45, 7) is 7.91. The van der Waals surface area contributed by atoms with Gasteiger partial charge in [-0.3, -0.25) is 4.90 Å². The molecular formula is C15H24N2O. The van der Waals surface area contributed by atoms with E-state index in [9.17, 15) is 0 Å². The average molecular weight is 248 g/mol.